The van der Waals surface area contributed by atoms with Gasteiger partial charge in [-0.3, -0.25) is 4.57 Å². The Morgan fingerprint density at radius 3 is 2.75 bits per heavy atom. The van der Waals surface area contributed by atoms with Crippen LogP contribution in [0.3, 0.4) is 0 Å². The molecule has 6 heteroatoms. The molecule has 3 aromatic rings. The quantitative estimate of drug-likeness (QED) is 0.721. The topological polar surface area (TPSA) is 38.5 Å². The highest BCUT2D eigenvalue weighted by Crippen LogP contribution is 2.25. The summed E-state index contributed by atoms with van der Waals surface area (Å²) >= 11 is 11.7. The van der Waals surface area contributed by atoms with Gasteiger partial charge in [-0.1, -0.05) is 17.7 Å². The molecule has 0 saturated carbocycles. The maximum absolute atomic E-state index is 6.23. The number of hydrogen-bond acceptors (Lipinski definition) is 2. The molecule has 0 unspecified atom stereocenters. The van der Waals surface area contributed by atoms with E-state index in [0.29, 0.717) is 4.77 Å². The number of halogens is 1. The maximum atomic E-state index is 6.23. The molecular weight excluding hydrogens is 292 g/mol. The predicted octanol–water partition coefficient (Wildman–Crippen LogP) is 4.17. The molecule has 0 atom stereocenters. The average Bonchev–Trinajstić information content (AvgIpc) is 2.90. The second kappa shape index (κ2) is 4.75. The van der Waals surface area contributed by atoms with Crippen LogP contribution in [0.2, 0.25) is 5.02 Å². The third-order valence-electron chi connectivity index (χ3n) is 3.46. The first kappa shape index (κ1) is 13.4. The molecule has 1 N–H and O–H groups in total. The molecule has 1 aromatic carbocycles. The number of H-pyrrole nitrogens is 1. The first-order chi connectivity index (χ1) is 9.52. The first-order valence-electron chi connectivity index (χ1n) is 6.47. The number of nitrogens with one attached hydrogen (secondary N) is 1. The lowest BCUT2D eigenvalue weighted by atomic mass is 10.2. The SMILES string of the molecule is CCn1nc(C)c2[nH]c(=S)n(-c3ccc(C)c(Cl)c3)c21. The number of imidazole rings is 1. The van der Waals surface area contributed by atoms with Crippen LogP contribution in [-0.4, -0.2) is 19.3 Å². The molecule has 0 spiro atoms. The van der Waals surface area contributed by atoms with E-state index < -0.39 is 0 Å². The third-order valence-corrected chi connectivity index (χ3v) is 4.15. The van der Waals surface area contributed by atoms with Gasteiger partial charge in [0.15, 0.2) is 10.4 Å². The third kappa shape index (κ3) is 1.89. The summed E-state index contributed by atoms with van der Waals surface area (Å²) in [7, 11) is 0. The van der Waals surface area contributed by atoms with Crippen LogP contribution < -0.4 is 0 Å². The van der Waals surface area contributed by atoms with Crippen molar-refractivity contribution in [1.82, 2.24) is 19.3 Å². The molecule has 3 rings (SSSR count). The number of aromatic nitrogens is 4. The summed E-state index contributed by atoms with van der Waals surface area (Å²) in [6.07, 6.45) is 0. The average molecular weight is 307 g/mol. The number of nitrogens with zero attached hydrogens (tertiary/aromatic N) is 3. The molecule has 0 fully saturated rings. The standard InChI is InChI=1S/C14H15ClN4S/c1-4-18-13-12(9(3)17-18)16-14(20)19(13)10-6-5-8(2)11(15)7-10/h5-7H,4H2,1-3H3,(H,16,20). The molecule has 0 radical (unpaired) electrons. The van der Waals surface area contributed by atoms with Crippen LogP contribution in [0, 0.1) is 18.6 Å². The van der Waals surface area contributed by atoms with Crippen molar-refractivity contribution < 1.29 is 0 Å². The fraction of sp³-hybridized carbons (Fsp3) is 0.286. The van der Waals surface area contributed by atoms with Gasteiger partial charge in [0.05, 0.1) is 11.4 Å². The fourth-order valence-electron chi connectivity index (χ4n) is 2.38. The van der Waals surface area contributed by atoms with E-state index in [1.807, 2.05) is 41.3 Å². The number of aryl methyl sites for hydroxylation is 3. The van der Waals surface area contributed by atoms with Crippen LogP contribution in [0.5, 0.6) is 0 Å². The van der Waals surface area contributed by atoms with Crippen LogP contribution in [0.15, 0.2) is 18.2 Å². The van der Waals surface area contributed by atoms with Crippen LogP contribution >= 0.6 is 23.8 Å². The van der Waals surface area contributed by atoms with Gasteiger partial charge >= 0.3 is 0 Å². The highest BCUT2D eigenvalue weighted by atomic mass is 35.5. The van der Waals surface area contributed by atoms with E-state index in [1.165, 1.54) is 0 Å². The lowest BCUT2D eigenvalue weighted by Crippen LogP contribution is -2.03. The first-order valence-corrected chi connectivity index (χ1v) is 7.26. The van der Waals surface area contributed by atoms with Crippen molar-refractivity contribution in [2.75, 3.05) is 0 Å². The fourth-order valence-corrected chi connectivity index (χ4v) is 2.85. The van der Waals surface area contributed by atoms with E-state index in [1.54, 1.807) is 0 Å². The lowest BCUT2D eigenvalue weighted by Gasteiger charge is -2.08. The van der Waals surface area contributed by atoms with Gasteiger partial charge in [0.1, 0.15) is 5.52 Å². The molecule has 0 aliphatic carbocycles. The number of aromatic amines is 1. The summed E-state index contributed by atoms with van der Waals surface area (Å²) in [6.45, 7) is 6.82. The van der Waals surface area contributed by atoms with E-state index in [0.717, 1.165) is 39.7 Å². The molecule has 2 aromatic heterocycles. The zero-order valence-corrected chi connectivity index (χ0v) is 13.1. The number of benzene rings is 1. The Morgan fingerprint density at radius 2 is 2.10 bits per heavy atom. The highest BCUT2D eigenvalue weighted by molar-refractivity contribution is 7.71. The molecule has 104 valence electrons. The zero-order chi connectivity index (χ0) is 14.4. The van der Waals surface area contributed by atoms with Crippen molar-refractivity contribution in [3.63, 3.8) is 0 Å². The zero-order valence-electron chi connectivity index (χ0n) is 11.6. The minimum absolute atomic E-state index is 0.655. The van der Waals surface area contributed by atoms with E-state index in [2.05, 4.69) is 17.0 Å². The largest absolute Gasteiger partial charge is 0.327 e. The van der Waals surface area contributed by atoms with Crippen LogP contribution in [0.1, 0.15) is 18.2 Å². The second-order valence-corrected chi connectivity index (χ2v) is 5.59. The summed E-state index contributed by atoms with van der Waals surface area (Å²) < 4.78 is 4.59. The maximum Gasteiger partial charge on any atom is 0.184 e. The van der Waals surface area contributed by atoms with Crippen LogP contribution in [0.25, 0.3) is 16.9 Å². The van der Waals surface area contributed by atoms with Crippen molar-refractivity contribution in [3.8, 4) is 5.69 Å². The molecule has 0 aliphatic heterocycles. The van der Waals surface area contributed by atoms with Gasteiger partial charge in [-0.05, 0) is 50.7 Å². The number of rotatable bonds is 2. The molecule has 20 heavy (non-hydrogen) atoms. The normalized spacial score (nSPS) is 11.4. The van der Waals surface area contributed by atoms with Gasteiger partial charge in [0.25, 0.3) is 0 Å². The second-order valence-electron chi connectivity index (χ2n) is 4.80. The molecule has 0 bridgehead atoms. The number of fused-ring (bicyclic) bond motifs is 1. The highest BCUT2D eigenvalue weighted by Gasteiger charge is 2.15. The van der Waals surface area contributed by atoms with E-state index in [4.69, 9.17) is 23.8 Å². The van der Waals surface area contributed by atoms with Crippen molar-refractivity contribution in [3.05, 3.63) is 39.3 Å². The Hall–Kier alpha value is -1.59. The van der Waals surface area contributed by atoms with Crippen LogP contribution in [-0.2, 0) is 6.54 Å². The Kier molecular flexibility index (Phi) is 3.18. The van der Waals surface area contributed by atoms with E-state index in [9.17, 15) is 0 Å². The van der Waals surface area contributed by atoms with Crippen molar-refractivity contribution in [1.29, 1.82) is 0 Å². The predicted molar refractivity (Wildman–Crippen MR) is 84.4 cm³/mol. The minimum Gasteiger partial charge on any atom is -0.327 e. The van der Waals surface area contributed by atoms with Gasteiger partial charge in [0, 0.05) is 11.6 Å². The van der Waals surface area contributed by atoms with Crippen LogP contribution in [0.4, 0.5) is 0 Å². The Bertz CT molecular complexity index is 856. The summed E-state index contributed by atoms with van der Waals surface area (Å²) in [5.74, 6) is 0. The summed E-state index contributed by atoms with van der Waals surface area (Å²) in [5, 5.41) is 5.26. The molecule has 0 amide bonds. The van der Waals surface area contributed by atoms with Gasteiger partial charge < -0.3 is 4.98 Å². The molecule has 2 heterocycles. The van der Waals surface area contributed by atoms with Crippen molar-refractivity contribution >= 4 is 35.0 Å². The Morgan fingerprint density at radius 1 is 1.35 bits per heavy atom. The summed E-state index contributed by atoms with van der Waals surface area (Å²) in [6, 6.07) is 5.95. The molecular formula is C14H15ClN4S. The van der Waals surface area contributed by atoms with Gasteiger partial charge in [-0.2, -0.15) is 5.10 Å². The minimum atomic E-state index is 0.655. The van der Waals surface area contributed by atoms with Crippen molar-refractivity contribution in [2.24, 2.45) is 0 Å². The van der Waals surface area contributed by atoms with E-state index in [-0.39, 0.29) is 0 Å². The Balaban J connectivity index is 2.37. The molecule has 4 nitrogen and oxygen atoms in total. The summed E-state index contributed by atoms with van der Waals surface area (Å²) in [5.41, 5.74) is 4.91. The van der Waals surface area contributed by atoms with E-state index >= 15 is 0 Å². The van der Waals surface area contributed by atoms with Gasteiger partial charge in [-0.15, -0.1) is 0 Å². The monoisotopic (exact) mass is 306 g/mol. The molecule has 0 aliphatic rings. The lowest BCUT2D eigenvalue weighted by molar-refractivity contribution is 0.662. The van der Waals surface area contributed by atoms with Gasteiger partial charge in [0.2, 0.25) is 0 Å². The van der Waals surface area contributed by atoms with Gasteiger partial charge in [-0.25, -0.2) is 4.68 Å². The summed E-state index contributed by atoms with van der Waals surface area (Å²) in [4.78, 5) is 3.23. The van der Waals surface area contributed by atoms with Crippen molar-refractivity contribution in [2.45, 2.75) is 27.3 Å². The Labute approximate surface area is 127 Å². The smallest absolute Gasteiger partial charge is 0.184 e. The molecule has 0 saturated heterocycles. The number of hydrogen-bond donors (Lipinski definition) is 1.